The van der Waals surface area contributed by atoms with E-state index in [4.69, 9.17) is 9.57 Å². The molecule has 1 amide bonds. The van der Waals surface area contributed by atoms with Crippen LogP contribution in [-0.4, -0.2) is 50.9 Å². The fraction of sp³-hybridized carbons (Fsp3) is 0.261. The minimum atomic E-state index is -0.386. The Morgan fingerprint density at radius 1 is 1.25 bits per heavy atom. The third-order valence-electron chi connectivity index (χ3n) is 5.47. The molecule has 3 heterocycles. The molecular weight excluding hydrogens is 413 g/mol. The van der Waals surface area contributed by atoms with Crippen LogP contribution >= 0.6 is 0 Å². The number of carbonyl (C=O) groups is 1. The first kappa shape index (κ1) is 21.5. The molecule has 9 heteroatoms. The van der Waals surface area contributed by atoms with Crippen LogP contribution in [0.1, 0.15) is 21.7 Å². The van der Waals surface area contributed by atoms with Crippen molar-refractivity contribution in [2.45, 2.75) is 13.3 Å². The SMILES string of the molecule is CON(C)C(=O)c1nn(C)c(C)c1CCOc1cc(F)ccc1-c1ccc2nccn2c1. The van der Waals surface area contributed by atoms with Crippen LogP contribution in [0.3, 0.4) is 0 Å². The minimum Gasteiger partial charge on any atom is -0.492 e. The minimum absolute atomic E-state index is 0.243. The lowest BCUT2D eigenvalue weighted by atomic mass is 10.1. The summed E-state index contributed by atoms with van der Waals surface area (Å²) in [5.74, 6) is -0.304. The Bertz CT molecular complexity index is 1280. The third kappa shape index (κ3) is 4.06. The number of hydrogen-bond donors (Lipinski definition) is 0. The summed E-state index contributed by atoms with van der Waals surface area (Å²) in [6.07, 6.45) is 5.92. The quantitative estimate of drug-likeness (QED) is 0.414. The van der Waals surface area contributed by atoms with Gasteiger partial charge in [-0.2, -0.15) is 5.10 Å². The van der Waals surface area contributed by atoms with Crippen molar-refractivity contribution in [3.05, 3.63) is 71.7 Å². The zero-order chi connectivity index (χ0) is 22.8. The lowest BCUT2D eigenvalue weighted by molar-refractivity contribution is -0.0761. The summed E-state index contributed by atoms with van der Waals surface area (Å²) in [5.41, 5.74) is 4.39. The number of aromatic nitrogens is 4. The van der Waals surface area contributed by atoms with E-state index in [0.29, 0.717) is 17.9 Å². The van der Waals surface area contributed by atoms with E-state index in [1.807, 2.05) is 35.9 Å². The number of amides is 1. The molecule has 0 N–H and O–H groups in total. The number of aryl methyl sites for hydroxylation is 1. The number of rotatable bonds is 7. The topological polar surface area (TPSA) is 73.9 Å². The molecule has 166 valence electrons. The van der Waals surface area contributed by atoms with Crippen molar-refractivity contribution in [2.24, 2.45) is 7.05 Å². The molecule has 0 atom stereocenters. The van der Waals surface area contributed by atoms with E-state index in [2.05, 4.69) is 10.1 Å². The number of carbonyl (C=O) groups excluding carboxylic acids is 1. The van der Waals surface area contributed by atoms with E-state index in [1.54, 1.807) is 24.0 Å². The lowest BCUT2D eigenvalue weighted by Crippen LogP contribution is -2.27. The number of halogens is 1. The fourth-order valence-electron chi connectivity index (χ4n) is 3.55. The summed E-state index contributed by atoms with van der Waals surface area (Å²) in [5, 5.41) is 5.46. The maximum absolute atomic E-state index is 14.0. The number of benzene rings is 1. The number of hydroxylamine groups is 2. The summed E-state index contributed by atoms with van der Waals surface area (Å²) in [4.78, 5) is 21.8. The van der Waals surface area contributed by atoms with Crippen molar-refractivity contribution >= 4 is 11.6 Å². The van der Waals surface area contributed by atoms with Gasteiger partial charge in [-0.05, 0) is 31.2 Å². The highest BCUT2D eigenvalue weighted by Crippen LogP contribution is 2.31. The van der Waals surface area contributed by atoms with Gasteiger partial charge in [-0.15, -0.1) is 0 Å². The Hall–Kier alpha value is -3.72. The Morgan fingerprint density at radius 2 is 2.06 bits per heavy atom. The number of ether oxygens (including phenoxy) is 1. The van der Waals surface area contributed by atoms with Gasteiger partial charge in [-0.25, -0.2) is 14.4 Å². The highest BCUT2D eigenvalue weighted by Gasteiger charge is 2.23. The molecule has 4 aromatic rings. The van der Waals surface area contributed by atoms with Gasteiger partial charge in [0.2, 0.25) is 0 Å². The molecule has 1 aromatic carbocycles. The maximum atomic E-state index is 14.0. The first-order chi connectivity index (χ1) is 15.4. The molecule has 0 fully saturated rings. The monoisotopic (exact) mass is 437 g/mol. The Kier molecular flexibility index (Phi) is 5.91. The predicted octanol–water partition coefficient (Wildman–Crippen LogP) is 3.44. The van der Waals surface area contributed by atoms with Crippen molar-refractivity contribution in [1.82, 2.24) is 24.2 Å². The normalized spacial score (nSPS) is 11.2. The smallest absolute Gasteiger partial charge is 0.297 e. The Labute approximate surface area is 184 Å². The van der Waals surface area contributed by atoms with Gasteiger partial charge in [0.15, 0.2) is 5.69 Å². The molecule has 0 radical (unpaired) electrons. The van der Waals surface area contributed by atoms with Gasteiger partial charge >= 0.3 is 0 Å². The number of imidazole rings is 1. The molecule has 0 unspecified atom stereocenters. The molecule has 0 aliphatic carbocycles. The van der Waals surface area contributed by atoms with Gasteiger partial charge in [0, 0.05) is 67.6 Å². The van der Waals surface area contributed by atoms with Crippen LogP contribution in [0.25, 0.3) is 16.8 Å². The second kappa shape index (κ2) is 8.80. The Morgan fingerprint density at radius 3 is 2.84 bits per heavy atom. The predicted molar refractivity (Wildman–Crippen MR) is 117 cm³/mol. The van der Waals surface area contributed by atoms with Crippen molar-refractivity contribution in [3.63, 3.8) is 0 Å². The number of hydrogen-bond acceptors (Lipinski definition) is 5. The fourth-order valence-corrected chi connectivity index (χ4v) is 3.55. The largest absolute Gasteiger partial charge is 0.492 e. The molecule has 3 aromatic heterocycles. The van der Waals surface area contributed by atoms with Crippen molar-refractivity contribution in [3.8, 4) is 16.9 Å². The van der Waals surface area contributed by atoms with E-state index in [1.165, 1.54) is 26.3 Å². The summed E-state index contributed by atoms with van der Waals surface area (Å²) >= 11 is 0. The number of fused-ring (bicyclic) bond motifs is 1. The van der Waals surface area contributed by atoms with Crippen LogP contribution in [0.5, 0.6) is 5.75 Å². The molecule has 0 saturated heterocycles. The summed E-state index contributed by atoms with van der Waals surface area (Å²) in [7, 11) is 4.73. The molecule has 8 nitrogen and oxygen atoms in total. The number of pyridine rings is 1. The second-order valence-corrected chi connectivity index (χ2v) is 7.37. The van der Waals surface area contributed by atoms with Gasteiger partial charge in [0.25, 0.3) is 5.91 Å². The number of nitrogens with zero attached hydrogens (tertiary/aromatic N) is 5. The second-order valence-electron chi connectivity index (χ2n) is 7.37. The van der Waals surface area contributed by atoms with E-state index in [-0.39, 0.29) is 18.3 Å². The van der Waals surface area contributed by atoms with Crippen LogP contribution in [-0.2, 0) is 18.3 Å². The van der Waals surface area contributed by atoms with E-state index in [9.17, 15) is 9.18 Å². The molecule has 0 spiro atoms. The average molecular weight is 437 g/mol. The van der Waals surface area contributed by atoms with E-state index < -0.39 is 0 Å². The molecule has 32 heavy (non-hydrogen) atoms. The molecule has 0 saturated carbocycles. The van der Waals surface area contributed by atoms with Crippen LogP contribution in [0.2, 0.25) is 0 Å². The molecule has 0 bridgehead atoms. The van der Waals surface area contributed by atoms with Crippen LogP contribution in [0.4, 0.5) is 4.39 Å². The lowest BCUT2D eigenvalue weighted by Gasteiger charge is -2.14. The first-order valence-electron chi connectivity index (χ1n) is 10.1. The van der Waals surface area contributed by atoms with Gasteiger partial charge in [0.05, 0.1) is 13.7 Å². The summed E-state index contributed by atoms with van der Waals surface area (Å²) in [6.45, 7) is 2.13. The van der Waals surface area contributed by atoms with Crippen molar-refractivity contribution < 1.29 is 18.8 Å². The van der Waals surface area contributed by atoms with Gasteiger partial charge in [-0.1, -0.05) is 0 Å². The van der Waals surface area contributed by atoms with Gasteiger partial charge in [0.1, 0.15) is 17.2 Å². The van der Waals surface area contributed by atoms with Crippen LogP contribution < -0.4 is 4.74 Å². The average Bonchev–Trinajstić information content (AvgIpc) is 3.37. The van der Waals surface area contributed by atoms with E-state index >= 15 is 0 Å². The van der Waals surface area contributed by atoms with E-state index in [0.717, 1.165) is 33.1 Å². The highest BCUT2D eigenvalue weighted by molar-refractivity contribution is 5.93. The Balaban J connectivity index is 1.58. The highest BCUT2D eigenvalue weighted by atomic mass is 19.1. The molecule has 0 aliphatic heterocycles. The molecule has 4 rings (SSSR count). The maximum Gasteiger partial charge on any atom is 0.297 e. The first-order valence-corrected chi connectivity index (χ1v) is 10.1. The third-order valence-corrected chi connectivity index (χ3v) is 5.47. The van der Waals surface area contributed by atoms with Crippen molar-refractivity contribution in [1.29, 1.82) is 0 Å². The van der Waals surface area contributed by atoms with Gasteiger partial charge in [-0.3, -0.25) is 14.3 Å². The van der Waals surface area contributed by atoms with Gasteiger partial charge < -0.3 is 9.14 Å². The molecule has 0 aliphatic rings. The standard InChI is InChI=1S/C23H24FN5O3/c1-15-18(22(26-27(15)2)23(30)28(3)31-4)9-12-32-20-13-17(24)6-7-19(20)16-5-8-21-25-10-11-29(21)14-16/h5-8,10-11,13-14H,9,12H2,1-4H3. The molecular formula is C23H24FN5O3. The summed E-state index contributed by atoms with van der Waals surface area (Å²) < 4.78 is 23.6. The van der Waals surface area contributed by atoms with Crippen LogP contribution in [0, 0.1) is 12.7 Å². The zero-order valence-electron chi connectivity index (χ0n) is 18.4. The summed E-state index contributed by atoms with van der Waals surface area (Å²) in [6, 6.07) is 8.29. The zero-order valence-corrected chi connectivity index (χ0v) is 18.4. The van der Waals surface area contributed by atoms with Crippen molar-refractivity contribution in [2.75, 3.05) is 20.8 Å². The van der Waals surface area contributed by atoms with Crippen LogP contribution in [0.15, 0.2) is 48.9 Å².